The summed E-state index contributed by atoms with van der Waals surface area (Å²) in [7, 11) is 0. The first-order valence-electron chi connectivity index (χ1n) is 11.9. The first kappa shape index (κ1) is 23.1. The number of hydrogen-bond acceptors (Lipinski definition) is 2. The van der Waals surface area contributed by atoms with Gasteiger partial charge in [0.05, 0.1) is 13.1 Å². The van der Waals surface area contributed by atoms with Gasteiger partial charge in [0.1, 0.15) is 10.7 Å². The molecule has 36 heavy (non-hydrogen) atoms. The third-order valence-electron chi connectivity index (χ3n) is 6.08. The maximum absolute atomic E-state index is 14.1. The average molecular weight is 471 g/mol. The Morgan fingerprint density at radius 2 is 0.750 bits per heavy atom. The molecule has 0 saturated carbocycles. The van der Waals surface area contributed by atoms with Gasteiger partial charge in [-0.3, -0.25) is 18.7 Å². The lowest BCUT2D eigenvalue weighted by Gasteiger charge is -2.13. The molecule has 0 aliphatic heterocycles. The highest BCUT2D eigenvalue weighted by Crippen LogP contribution is 2.03. The lowest BCUT2D eigenvalue weighted by molar-refractivity contribution is 0.627. The van der Waals surface area contributed by atoms with E-state index < -0.39 is 0 Å². The molecule has 4 heteroatoms. The molecule has 176 valence electrons. The number of rotatable bonds is 6. The normalized spacial score (nSPS) is 12.1. The minimum atomic E-state index is -0.208. The summed E-state index contributed by atoms with van der Waals surface area (Å²) in [5, 5.41) is 0.715. The Kier molecular flexibility index (Phi) is 6.86. The molecule has 1 aromatic heterocycles. The molecule has 0 amide bonds. The monoisotopic (exact) mass is 470 g/mol. The highest BCUT2D eigenvalue weighted by Gasteiger charge is 2.12. The van der Waals surface area contributed by atoms with Gasteiger partial charge in [0.2, 0.25) is 0 Å². The molecule has 0 N–H and O–H groups in total. The molecule has 0 spiro atoms. The largest absolute Gasteiger partial charge is 0.298 e. The van der Waals surface area contributed by atoms with Crippen molar-refractivity contribution in [2.45, 2.75) is 13.1 Å². The van der Waals surface area contributed by atoms with Crippen LogP contribution in [0, 0.1) is 0 Å². The van der Waals surface area contributed by atoms with Crippen LogP contribution < -0.4 is 21.8 Å². The van der Waals surface area contributed by atoms with Crippen LogP contribution in [0.1, 0.15) is 22.3 Å². The van der Waals surface area contributed by atoms with Crippen LogP contribution in [-0.4, -0.2) is 9.13 Å². The van der Waals surface area contributed by atoms with Crippen LogP contribution in [0.25, 0.3) is 12.2 Å². The van der Waals surface area contributed by atoms with Gasteiger partial charge in [0.15, 0.2) is 0 Å². The molecule has 0 unspecified atom stereocenters. The van der Waals surface area contributed by atoms with Crippen LogP contribution >= 0.6 is 0 Å². The summed E-state index contributed by atoms with van der Waals surface area (Å²) in [5.41, 5.74) is 3.21. The summed E-state index contributed by atoms with van der Waals surface area (Å²) in [6.45, 7) is 0.602. The fourth-order valence-electron chi connectivity index (χ4n) is 4.27. The first-order chi connectivity index (χ1) is 17.7. The van der Waals surface area contributed by atoms with Crippen LogP contribution in [0.5, 0.6) is 0 Å². The van der Waals surface area contributed by atoms with Crippen molar-refractivity contribution in [1.29, 1.82) is 0 Å². The standard InChI is InChI=1S/C32H26N2O2/c35-31-29(21-25-13-5-1-6-14-25)33(23-27-17-9-3-10-18-27)32(36)30(22-26-15-7-2-8-16-26)34(31)24-28-19-11-4-12-20-28/h1-22H,23-24H2. The van der Waals surface area contributed by atoms with Gasteiger partial charge in [-0.05, 0) is 34.4 Å². The summed E-state index contributed by atoms with van der Waals surface area (Å²) in [5.74, 6) is 0. The highest BCUT2D eigenvalue weighted by molar-refractivity contribution is 5.49. The summed E-state index contributed by atoms with van der Waals surface area (Å²) in [4.78, 5) is 28.2. The Hall–Kier alpha value is -4.70. The van der Waals surface area contributed by atoms with E-state index in [4.69, 9.17) is 0 Å². The molecule has 0 aliphatic carbocycles. The van der Waals surface area contributed by atoms with Gasteiger partial charge in [-0.2, -0.15) is 0 Å². The van der Waals surface area contributed by atoms with E-state index in [2.05, 4.69) is 0 Å². The quantitative estimate of drug-likeness (QED) is 0.379. The lowest BCUT2D eigenvalue weighted by atomic mass is 10.1. The molecular weight excluding hydrogens is 444 g/mol. The summed E-state index contributed by atoms with van der Waals surface area (Å²) in [6, 6.07) is 38.8. The van der Waals surface area contributed by atoms with Crippen molar-refractivity contribution in [1.82, 2.24) is 9.13 Å². The fraction of sp³-hybridized carbons (Fsp3) is 0.0625. The van der Waals surface area contributed by atoms with Crippen LogP contribution in [0.2, 0.25) is 0 Å². The molecule has 4 aromatic carbocycles. The summed E-state index contributed by atoms with van der Waals surface area (Å²) in [6.07, 6.45) is 3.61. The Morgan fingerprint density at radius 3 is 1.08 bits per heavy atom. The van der Waals surface area contributed by atoms with Gasteiger partial charge in [-0.25, -0.2) is 0 Å². The second-order valence-electron chi connectivity index (χ2n) is 8.63. The summed E-state index contributed by atoms with van der Waals surface area (Å²) < 4.78 is 3.20. The minimum absolute atomic E-state index is 0.208. The summed E-state index contributed by atoms with van der Waals surface area (Å²) >= 11 is 0. The fourth-order valence-corrected chi connectivity index (χ4v) is 4.27. The third-order valence-corrected chi connectivity index (χ3v) is 6.08. The van der Waals surface area contributed by atoms with E-state index in [1.54, 1.807) is 21.3 Å². The van der Waals surface area contributed by atoms with Gasteiger partial charge in [0.25, 0.3) is 11.1 Å². The molecule has 4 nitrogen and oxygen atoms in total. The number of benzene rings is 4. The Morgan fingerprint density at radius 1 is 0.444 bits per heavy atom. The van der Waals surface area contributed by atoms with E-state index in [1.807, 2.05) is 121 Å². The van der Waals surface area contributed by atoms with Crippen molar-refractivity contribution in [3.63, 3.8) is 0 Å². The Balaban J connectivity index is 1.84. The Labute approximate surface area is 209 Å². The number of hydrogen-bond donors (Lipinski definition) is 0. The Bertz CT molecular complexity index is 1560. The maximum atomic E-state index is 14.1. The van der Waals surface area contributed by atoms with Crippen molar-refractivity contribution < 1.29 is 0 Å². The smallest absolute Gasteiger partial charge is 0.275 e. The number of aromatic nitrogens is 2. The van der Waals surface area contributed by atoms with E-state index in [0.717, 1.165) is 22.3 Å². The van der Waals surface area contributed by atoms with E-state index in [-0.39, 0.29) is 11.1 Å². The number of nitrogens with zero attached hydrogens (tertiary/aromatic N) is 2. The molecular formula is C32H26N2O2. The van der Waals surface area contributed by atoms with Crippen LogP contribution in [0.4, 0.5) is 0 Å². The van der Waals surface area contributed by atoms with E-state index in [1.165, 1.54) is 0 Å². The van der Waals surface area contributed by atoms with E-state index in [0.29, 0.717) is 23.8 Å². The molecule has 0 radical (unpaired) electrons. The van der Waals surface area contributed by atoms with Crippen molar-refractivity contribution in [3.05, 3.63) is 175 Å². The average Bonchev–Trinajstić information content (AvgIpc) is 2.93. The maximum Gasteiger partial charge on any atom is 0.275 e. The lowest BCUT2D eigenvalue weighted by Crippen LogP contribution is -2.58. The first-order valence-corrected chi connectivity index (χ1v) is 11.9. The molecule has 1 heterocycles. The molecule has 0 fully saturated rings. The van der Waals surface area contributed by atoms with Crippen molar-refractivity contribution in [2.24, 2.45) is 0 Å². The SMILES string of the molecule is O=c1c(=Cc2ccccc2)n(Cc2ccccc2)c(=O)c(=Cc2ccccc2)n1Cc1ccccc1. The van der Waals surface area contributed by atoms with Crippen molar-refractivity contribution >= 4 is 12.2 Å². The van der Waals surface area contributed by atoms with Crippen LogP contribution in [0.15, 0.2) is 131 Å². The zero-order valence-corrected chi connectivity index (χ0v) is 19.8. The van der Waals surface area contributed by atoms with Crippen LogP contribution in [-0.2, 0) is 13.1 Å². The van der Waals surface area contributed by atoms with Gasteiger partial charge >= 0.3 is 0 Å². The van der Waals surface area contributed by atoms with E-state index >= 15 is 0 Å². The molecule has 0 saturated heterocycles. The van der Waals surface area contributed by atoms with Gasteiger partial charge in [-0.15, -0.1) is 0 Å². The minimum Gasteiger partial charge on any atom is -0.298 e. The topological polar surface area (TPSA) is 44.0 Å². The van der Waals surface area contributed by atoms with Gasteiger partial charge in [0, 0.05) is 0 Å². The highest BCUT2D eigenvalue weighted by atomic mass is 16.1. The van der Waals surface area contributed by atoms with Crippen molar-refractivity contribution in [2.75, 3.05) is 0 Å². The second kappa shape index (κ2) is 10.7. The van der Waals surface area contributed by atoms with Gasteiger partial charge in [-0.1, -0.05) is 121 Å². The zero-order valence-electron chi connectivity index (χ0n) is 19.8. The third kappa shape index (κ3) is 5.18. The van der Waals surface area contributed by atoms with Crippen LogP contribution in [0.3, 0.4) is 0 Å². The molecule has 0 atom stereocenters. The second-order valence-corrected chi connectivity index (χ2v) is 8.63. The van der Waals surface area contributed by atoms with Gasteiger partial charge < -0.3 is 0 Å². The molecule has 0 bridgehead atoms. The molecule has 5 rings (SSSR count). The van der Waals surface area contributed by atoms with E-state index in [9.17, 15) is 9.59 Å². The van der Waals surface area contributed by atoms with Crippen molar-refractivity contribution in [3.8, 4) is 0 Å². The zero-order chi connectivity index (χ0) is 24.7. The predicted octanol–water partition coefficient (Wildman–Crippen LogP) is 3.76. The molecule has 5 aromatic rings. The predicted molar refractivity (Wildman–Crippen MR) is 145 cm³/mol. The molecule has 0 aliphatic rings.